The van der Waals surface area contributed by atoms with Crippen LogP contribution in [0.4, 0.5) is 5.69 Å². The summed E-state index contributed by atoms with van der Waals surface area (Å²) < 4.78 is 5.34. The fraction of sp³-hybridized carbons (Fsp3) is 0.400. The monoisotopic (exact) mass is 273 g/mol. The third kappa shape index (κ3) is 2.19. The molecular weight excluding hydrogens is 254 g/mol. The number of fused-ring (bicyclic) bond motifs is 1. The Balaban J connectivity index is 1.86. The summed E-state index contributed by atoms with van der Waals surface area (Å²) in [7, 11) is 0. The second-order valence-corrected chi connectivity index (χ2v) is 5.30. The average Bonchev–Trinajstić information content (AvgIpc) is 2.97. The molecule has 0 radical (unpaired) electrons. The molecule has 106 valence electrons. The minimum atomic E-state index is -0.503. The van der Waals surface area contributed by atoms with Gasteiger partial charge in [0, 0.05) is 36.9 Å². The maximum atomic E-state index is 12.6. The van der Waals surface area contributed by atoms with E-state index in [9.17, 15) is 4.79 Å². The van der Waals surface area contributed by atoms with Gasteiger partial charge in [0.1, 0.15) is 0 Å². The molecule has 1 fully saturated rings. The van der Waals surface area contributed by atoms with E-state index in [0.29, 0.717) is 32.6 Å². The molecule has 1 saturated heterocycles. The van der Waals surface area contributed by atoms with Gasteiger partial charge in [0.2, 0.25) is 5.91 Å². The number of hydrogen-bond acceptors (Lipinski definition) is 3. The largest absolute Gasteiger partial charge is 0.381 e. The summed E-state index contributed by atoms with van der Waals surface area (Å²) in [6.07, 6.45) is 3.23. The Bertz CT molecular complexity index is 614. The van der Waals surface area contributed by atoms with Crippen molar-refractivity contribution in [2.45, 2.75) is 12.8 Å². The Hall–Kier alpha value is -1.85. The van der Waals surface area contributed by atoms with Crippen LogP contribution in [0.2, 0.25) is 0 Å². The van der Waals surface area contributed by atoms with Crippen LogP contribution in [0, 0.1) is 5.41 Å². The Labute approximate surface area is 117 Å². The molecule has 2 heterocycles. The molecule has 1 aromatic carbocycles. The normalized spacial score (nSPS) is 18.1. The molecule has 0 unspecified atom stereocenters. The molecule has 1 aromatic heterocycles. The first-order chi connectivity index (χ1) is 9.75. The van der Waals surface area contributed by atoms with Crippen molar-refractivity contribution in [1.82, 2.24) is 4.98 Å². The molecule has 4 N–H and O–H groups in total. The first-order valence-corrected chi connectivity index (χ1v) is 6.91. The van der Waals surface area contributed by atoms with Gasteiger partial charge in [0.25, 0.3) is 0 Å². The van der Waals surface area contributed by atoms with Gasteiger partial charge >= 0.3 is 0 Å². The molecule has 5 nitrogen and oxygen atoms in total. The van der Waals surface area contributed by atoms with Crippen molar-refractivity contribution < 1.29 is 9.53 Å². The van der Waals surface area contributed by atoms with Crippen LogP contribution in [0.15, 0.2) is 30.5 Å². The van der Waals surface area contributed by atoms with E-state index in [1.165, 1.54) is 0 Å². The fourth-order valence-corrected chi connectivity index (χ4v) is 2.74. The first kappa shape index (κ1) is 13.1. The van der Waals surface area contributed by atoms with Crippen LogP contribution >= 0.6 is 0 Å². The van der Waals surface area contributed by atoms with E-state index in [1.807, 2.05) is 30.5 Å². The molecule has 3 rings (SSSR count). The van der Waals surface area contributed by atoms with Crippen LogP contribution in [-0.2, 0) is 9.53 Å². The zero-order valence-corrected chi connectivity index (χ0v) is 11.3. The lowest BCUT2D eigenvalue weighted by molar-refractivity contribution is -0.130. The number of aromatic amines is 1. The van der Waals surface area contributed by atoms with Crippen molar-refractivity contribution in [2.75, 3.05) is 25.1 Å². The zero-order chi connectivity index (χ0) is 14.0. The highest BCUT2D eigenvalue weighted by Gasteiger charge is 2.38. The number of H-pyrrole nitrogens is 1. The molecule has 5 heteroatoms. The van der Waals surface area contributed by atoms with E-state index in [-0.39, 0.29) is 5.91 Å². The molecule has 1 aliphatic heterocycles. The molecule has 0 spiro atoms. The molecule has 0 saturated carbocycles. The highest BCUT2D eigenvalue weighted by molar-refractivity contribution is 6.03. The summed E-state index contributed by atoms with van der Waals surface area (Å²) in [6, 6.07) is 7.79. The fourth-order valence-electron chi connectivity index (χ4n) is 2.74. The van der Waals surface area contributed by atoms with Crippen LogP contribution < -0.4 is 11.1 Å². The average molecular weight is 273 g/mol. The lowest BCUT2D eigenvalue weighted by Crippen LogP contribution is -2.46. The van der Waals surface area contributed by atoms with E-state index >= 15 is 0 Å². The molecular formula is C15H19N3O2. The number of carbonyl (C=O) groups is 1. The number of nitrogens with two attached hydrogens (primary N) is 1. The third-order valence-corrected chi connectivity index (χ3v) is 4.17. The van der Waals surface area contributed by atoms with Crippen LogP contribution in [0.25, 0.3) is 10.9 Å². The van der Waals surface area contributed by atoms with Gasteiger partial charge in [-0.25, -0.2) is 0 Å². The van der Waals surface area contributed by atoms with Crippen LogP contribution in [0.1, 0.15) is 12.8 Å². The predicted octanol–water partition coefficient (Wildman–Crippen LogP) is 1.86. The Kier molecular flexibility index (Phi) is 3.46. The number of hydrogen-bond donors (Lipinski definition) is 3. The number of carbonyl (C=O) groups excluding carboxylic acids is 1. The number of benzene rings is 1. The van der Waals surface area contributed by atoms with E-state index in [1.54, 1.807) is 0 Å². The van der Waals surface area contributed by atoms with Gasteiger partial charge < -0.3 is 20.8 Å². The lowest BCUT2D eigenvalue weighted by atomic mass is 9.79. The number of rotatable bonds is 3. The highest BCUT2D eigenvalue weighted by atomic mass is 16.5. The maximum absolute atomic E-state index is 12.6. The van der Waals surface area contributed by atoms with Gasteiger partial charge in [-0.2, -0.15) is 0 Å². The van der Waals surface area contributed by atoms with Crippen molar-refractivity contribution in [1.29, 1.82) is 0 Å². The van der Waals surface area contributed by atoms with Gasteiger partial charge in [0.05, 0.1) is 11.1 Å². The van der Waals surface area contributed by atoms with Crippen molar-refractivity contribution >= 4 is 22.5 Å². The van der Waals surface area contributed by atoms with E-state index in [2.05, 4.69) is 10.3 Å². The molecule has 20 heavy (non-hydrogen) atoms. The Morgan fingerprint density at radius 3 is 2.90 bits per heavy atom. The minimum absolute atomic E-state index is 0.00278. The predicted molar refractivity (Wildman–Crippen MR) is 78.5 cm³/mol. The number of aromatic nitrogens is 1. The lowest BCUT2D eigenvalue weighted by Gasteiger charge is -2.34. The molecule has 0 atom stereocenters. The number of nitrogens with one attached hydrogen (secondary N) is 2. The standard InChI is InChI=1S/C15H19N3O2/c16-10-15(5-8-20-9-6-15)14(19)18-13-3-1-2-12-11(13)4-7-17-12/h1-4,7,17H,5-6,8-10,16H2,(H,18,19). The highest BCUT2D eigenvalue weighted by Crippen LogP contribution is 2.32. The van der Waals surface area contributed by atoms with Gasteiger partial charge in [0.15, 0.2) is 0 Å². The summed E-state index contributed by atoms with van der Waals surface area (Å²) in [4.78, 5) is 15.8. The van der Waals surface area contributed by atoms with Crippen molar-refractivity contribution in [3.05, 3.63) is 30.5 Å². The van der Waals surface area contributed by atoms with E-state index < -0.39 is 5.41 Å². The zero-order valence-electron chi connectivity index (χ0n) is 11.3. The van der Waals surface area contributed by atoms with Crippen molar-refractivity contribution in [2.24, 2.45) is 11.1 Å². The summed E-state index contributed by atoms with van der Waals surface area (Å²) in [5.41, 5.74) is 7.20. The topological polar surface area (TPSA) is 80.1 Å². The summed E-state index contributed by atoms with van der Waals surface area (Å²) in [6.45, 7) is 1.54. The quantitative estimate of drug-likeness (QED) is 0.798. The number of ether oxygens (including phenoxy) is 1. The van der Waals surface area contributed by atoms with Gasteiger partial charge in [-0.15, -0.1) is 0 Å². The van der Waals surface area contributed by atoms with Crippen molar-refractivity contribution in [3.63, 3.8) is 0 Å². The van der Waals surface area contributed by atoms with Gasteiger partial charge in [-0.05, 0) is 31.0 Å². The Morgan fingerprint density at radius 2 is 2.15 bits per heavy atom. The van der Waals surface area contributed by atoms with E-state index in [4.69, 9.17) is 10.5 Å². The molecule has 0 bridgehead atoms. The SMILES string of the molecule is NCC1(C(=O)Nc2cccc3[nH]ccc23)CCOCC1. The smallest absolute Gasteiger partial charge is 0.232 e. The maximum Gasteiger partial charge on any atom is 0.232 e. The summed E-state index contributed by atoms with van der Waals surface area (Å²) >= 11 is 0. The Morgan fingerprint density at radius 1 is 1.35 bits per heavy atom. The van der Waals surface area contributed by atoms with Gasteiger partial charge in [-0.3, -0.25) is 4.79 Å². The second kappa shape index (κ2) is 5.26. The summed E-state index contributed by atoms with van der Waals surface area (Å²) in [5, 5.41) is 4.05. The first-order valence-electron chi connectivity index (χ1n) is 6.91. The molecule has 1 aliphatic rings. The van der Waals surface area contributed by atoms with Crippen molar-refractivity contribution in [3.8, 4) is 0 Å². The van der Waals surface area contributed by atoms with Crippen LogP contribution in [0.5, 0.6) is 0 Å². The molecule has 0 aliphatic carbocycles. The minimum Gasteiger partial charge on any atom is -0.381 e. The van der Waals surface area contributed by atoms with E-state index in [0.717, 1.165) is 16.6 Å². The van der Waals surface area contributed by atoms with Crippen LogP contribution in [-0.4, -0.2) is 30.6 Å². The second-order valence-electron chi connectivity index (χ2n) is 5.30. The van der Waals surface area contributed by atoms with Gasteiger partial charge in [-0.1, -0.05) is 6.07 Å². The van der Waals surface area contributed by atoms with Crippen LogP contribution in [0.3, 0.4) is 0 Å². The number of anilines is 1. The summed E-state index contributed by atoms with van der Waals surface area (Å²) in [5.74, 6) is -0.00278. The molecule has 1 amide bonds. The number of amides is 1. The molecule has 2 aromatic rings. The third-order valence-electron chi connectivity index (χ3n) is 4.17.